The molecule has 100 valence electrons. The summed E-state index contributed by atoms with van der Waals surface area (Å²) in [6.07, 6.45) is 3.25. The van der Waals surface area contributed by atoms with Crippen LogP contribution in [0.25, 0.3) is 11.0 Å². The molecule has 0 bridgehead atoms. The van der Waals surface area contributed by atoms with Gasteiger partial charge in [0.15, 0.2) is 0 Å². The van der Waals surface area contributed by atoms with E-state index >= 15 is 0 Å². The molecule has 2 aromatic rings. The Balaban J connectivity index is 1.55. The number of rotatable bonds is 4. The Kier molecular flexibility index (Phi) is 3.46. The maximum Gasteiger partial charge on any atom is 0.224 e. The Bertz CT molecular complexity index is 572. The summed E-state index contributed by atoms with van der Waals surface area (Å²) >= 11 is 0. The van der Waals surface area contributed by atoms with Crippen molar-refractivity contribution < 1.29 is 4.79 Å². The van der Waals surface area contributed by atoms with Crippen molar-refractivity contribution in [2.75, 3.05) is 19.6 Å². The van der Waals surface area contributed by atoms with Gasteiger partial charge in [-0.05, 0) is 43.1 Å². The third-order valence-corrected chi connectivity index (χ3v) is 3.60. The molecule has 0 spiro atoms. The third kappa shape index (κ3) is 2.93. The van der Waals surface area contributed by atoms with Gasteiger partial charge in [0.2, 0.25) is 5.91 Å². The van der Waals surface area contributed by atoms with Gasteiger partial charge in [0, 0.05) is 6.54 Å². The summed E-state index contributed by atoms with van der Waals surface area (Å²) in [6, 6.07) is 5.88. The van der Waals surface area contributed by atoms with E-state index in [2.05, 4.69) is 20.6 Å². The molecule has 1 unspecified atom stereocenters. The topological polar surface area (TPSA) is 69.8 Å². The summed E-state index contributed by atoms with van der Waals surface area (Å²) < 4.78 is 0. The Morgan fingerprint density at radius 3 is 3.26 bits per heavy atom. The van der Waals surface area contributed by atoms with Crippen molar-refractivity contribution in [1.29, 1.82) is 0 Å². The Morgan fingerprint density at radius 1 is 1.47 bits per heavy atom. The van der Waals surface area contributed by atoms with Crippen LogP contribution in [0.5, 0.6) is 0 Å². The molecule has 3 N–H and O–H groups in total. The van der Waals surface area contributed by atoms with E-state index in [9.17, 15) is 4.79 Å². The van der Waals surface area contributed by atoms with E-state index in [1.54, 1.807) is 6.33 Å². The van der Waals surface area contributed by atoms with Crippen LogP contribution in [-0.2, 0) is 11.2 Å². The Hall–Kier alpha value is -1.88. The number of amides is 1. The van der Waals surface area contributed by atoms with Crippen LogP contribution in [0.1, 0.15) is 12.0 Å². The number of aromatic nitrogens is 2. The van der Waals surface area contributed by atoms with Crippen molar-refractivity contribution in [1.82, 2.24) is 20.6 Å². The number of carbonyl (C=O) groups excluding carboxylic acids is 1. The second-order valence-electron chi connectivity index (χ2n) is 5.09. The van der Waals surface area contributed by atoms with E-state index in [0.29, 0.717) is 12.3 Å². The maximum atomic E-state index is 11.9. The van der Waals surface area contributed by atoms with Crippen LogP contribution in [0, 0.1) is 5.92 Å². The van der Waals surface area contributed by atoms with Gasteiger partial charge in [0.1, 0.15) is 0 Å². The molecular formula is C14H18N4O. The van der Waals surface area contributed by atoms with E-state index in [-0.39, 0.29) is 5.91 Å². The van der Waals surface area contributed by atoms with E-state index in [1.807, 2.05) is 18.2 Å². The van der Waals surface area contributed by atoms with Crippen molar-refractivity contribution in [3.05, 3.63) is 30.1 Å². The first-order chi connectivity index (χ1) is 9.31. The first-order valence-electron chi connectivity index (χ1n) is 6.71. The van der Waals surface area contributed by atoms with Crippen LogP contribution in [-0.4, -0.2) is 35.5 Å². The molecule has 2 heterocycles. The van der Waals surface area contributed by atoms with E-state index in [4.69, 9.17) is 0 Å². The van der Waals surface area contributed by atoms with Gasteiger partial charge in [-0.3, -0.25) is 4.79 Å². The molecule has 1 aromatic heterocycles. The monoisotopic (exact) mass is 258 g/mol. The lowest BCUT2D eigenvalue weighted by Crippen LogP contribution is -2.31. The number of aromatic amines is 1. The molecule has 1 aliphatic rings. The van der Waals surface area contributed by atoms with Crippen LogP contribution in [0.15, 0.2) is 24.5 Å². The minimum Gasteiger partial charge on any atom is -0.355 e. The number of nitrogens with one attached hydrogen (secondary N) is 3. The largest absolute Gasteiger partial charge is 0.355 e. The van der Waals surface area contributed by atoms with Crippen molar-refractivity contribution in [2.24, 2.45) is 5.92 Å². The van der Waals surface area contributed by atoms with Crippen molar-refractivity contribution in [3.8, 4) is 0 Å². The van der Waals surface area contributed by atoms with E-state index in [0.717, 1.165) is 42.7 Å². The highest BCUT2D eigenvalue weighted by atomic mass is 16.1. The van der Waals surface area contributed by atoms with Crippen LogP contribution in [0.2, 0.25) is 0 Å². The predicted molar refractivity (Wildman–Crippen MR) is 73.8 cm³/mol. The van der Waals surface area contributed by atoms with Crippen LogP contribution < -0.4 is 10.6 Å². The first-order valence-corrected chi connectivity index (χ1v) is 6.71. The number of hydrogen-bond acceptors (Lipinski definition) is 3. The van der Waals surface area contributed by atoms with Crippen molar-refractivity contribution in [3.63, 3.8) is 0 Å². The average molecular weight is 258 g/mol. The normalized spacial score (nSPS) is 18.8. The van der Waals surface area contributed by atoms with Crippen LogP contribution in [0.3, 0.4) is 0 Å². The molecule has 0 radical (unpaired) electrons. The molecule has 1 aliphatic heterocycles. The predicted octanol–water partition coefficient (Wildman–Crippen LogP) is 0.831. The quantitative estimate of drug-likeness (QED) is 0.761. The molecule has 1 saturated heterocycles. The number of fused-ring (bicyclic) bond motifs is 1. The smallest absolute Gasteiger partial charge is 0.224 e. The van der Waals surface area contributed by atoms with Gasteiger partial charge in [-0.15, -0.1) is 0 Å². The molecule has 1 aromatic carbocycles. The highest BCUT2D eigenvalue weighted by molar-refractivity contribution is 5.81. The average Bonchev–Trinajstić information content (AvgIpc) is 3.07. The minimum atomic E-state index is 0.0887. The first kappa shape index (κ1) is 12.2. The number of benzene rings is 1. The molecule has 0 saturated carbocycles. The fourth-order valence-electron chi connectivity index (χ4n) is 2.49. The molecule has 19 heavy (non-hydrogen) atoms. The molecule has 1 fully saturated rings. The summed E-state index contributed by atoms with van der Waals surface area (Å²) in [4.78, 5) is 19.1. The highest BCUT2D eigenvalue weighted by Crippen LogP contribution is 2.12. The molecule has 0 aliphatic carbocycles. The van der Waals surface area contributed by atoms with Gasteiger partial charge in [0.25, 0.3) is 0 Å². The lowest BCUT2D eigenvalue weighted by Gasteiger charge is -2.10. The molecule has 1 amide bonds. The number of H-pyrrole nitrogens is 1. The lowest BCUT2D eigenvalue weighted by atomic mass is 10.1. The highest BCUT2D eigenvalue weighted by Gasteiger charge is 2.15. The fraction of sp³-hybridized carbons (Fsp3) is 0.429. The van der Waals surface area contributed by atoms with Crippen molar-refractivity contribution in [2.45, 2.75) is 12.8 Å². The number of imidazole rings is 1. The maximum absolute atomic E-state index is 11.9. The summed E-state index contributed by atoms with van der Waals surface area (Å²) in [7, 11) is 0. The molecule has 1 atom stereocenters. The number of nitrogens with zero attached hydrogens (tertiary/aromatic N) is 1. The van der Waals surface area contributed by atoms with Crippen LogP contribution in [0.4, 0.5) is 0 Å². The number of carbonyl (C=O) groups is 1. The van der Waals surface area contributed by atoms with Gasteiger partial charge in [-0.25, -0.2) is 4.98 Å². The molecule has 3 rings (SSSR count). The van der Waals surface area contributed by atoms with Crippen LogP contribution >= 0.6 is 0 Å². The zero-order valence-electron chi connectivity index (χ0n) is 10.8. The molecule has 5 nitrogen and oxygen atoms in total. The zero-order valence-corrected chi connectivity index (χ0v) is 10.8. The summed E-state index contributed by atoms with van der Waals surface area (Å²) in [5.41, 5.74) is 2.92. The minimum absolute atomic E-state index is 0.0887. The Labute approximate surface area is 111 Å². The molecule has 5 heteroatoms. The van der Waals surface area contributed by atoms with Gasteiger partial charge < -0.3 is 15.6 Å². The van der Waals surface area contributed by atoms with Gasteiger partial charge in [-0.2, -0.15) is 0 Å². The second kappa shape index (κ2) is 5.40. The zero-order chi connectivity index (χ0) is 13.1. The fourth-order valence-corrected chi connectivity index (χ4v) is 2.49. The Morgan fingerprint density at radius 2 is 2.42 bits per heavy atom. The van der Waals surface area contributed by atoms with Gasteiger partial charge >= 0.3 is 0 Å². The summed E-state index contributed by atoms with van der Waals surface area (Å²) in [5.74, 6) is 0.671. The van der Waals surface area contributed by atoms with E-state index in [1.165, 1.54) is 0 Å². The van der Waals surface area contributed by atoms with E-state index < -0.39 is 0 Å². The second-order valence-corrected chi connectivity index (χ2v) is 5.09. The SMILES string of the molecule is O=C(Cc1ccc2nc[nH]c2c1)NCC1CCNC1. The summed E-state index contributed by atoms with van der Waals surface area (Å²) in [6.45, 7) is 2.86. The third-order valence-electron chi connectivity index (χ3n) is 3.60. The molecular weight excluding hydrogens is 240 g/mol. The van der Waals surface area contributed by atoms with Gasteiger partial charge in [0.05, 0.1) is 23.8 Å². The summed E-state index contributed by atoms with van der Waals surface area (Å²) in [5, 5.41) is 6.31. The number of hydrogen-bond donors (Lipinski definition) is 3. The van der Waals surface area contributed by atoms with Gasteiger partial charge in [-0.1, -0.05) is 6.07 Å². The lowest BCUT2D eigenvalue weighted by molar-refractivity contribution is -0.120. The standard InChI is InChI=1S/C14H18N4O/c19-14(16-8-11-3-4-15-7-11)6-10-1-2-12-13(5-10)18-9-17-12/h1-2,5,9,11,15H,3-4,6-8H2,(H,16,19)(H,17,18). The van der Waals surface area contributed by atoms with Crippen molar-refractivity contribution >= 4 is 16.9 Å².